The predicted molar refractivity (Wildman–Crippen MR) is 109 cm³/mol. The van der Waals surface area contributed by atoms with Crippen LogP contribution in [0.5, 0.6) is 0 Å². The van der Waals surface area contributed by atoms with Gasteiger partial charge in [0.15, 0.2) is 11.6 Å². The molecule has 3 aliphatic rings. The van der Waals surface area contributed by atoms with Gasteiger partial charge < -0.3 is 15.5 Å². The number of alkyl halides is 1. The molecule has 2 N–H and O–H groups in total. The first kappa shape index (κ1) is 19.6. The average molecular weight is 417 g/mol. The maximum atomic E-state index is 15.0. The molecule has 5 nitrogen and oxygen atoms in total. The van der Waals surface area contributed by atoms with Crippen molar-refractivity contribution in [3.05, 3.63) is 46.8 Å². The molecule has 3 heterocycles. The van der Waals surface area contributed by atoms with Crippen molar-refractivity contribution in [2.75, 3.05) is 29.9 Å². The minimum atomic E-state index is -1.43. The van der Waals surface area contributed by atoms with E-state index in [1.165, 1.54) is 6.07 Å². The van der Waals surface area contributed by atoms with Gasteiger partial charge in [-0.15, -0.1) is 0 Å². The molecule has 5 rings (SSSR count). The summed E-state index contributed by atoms with van der Waals surface area (Å²) in [6.07, 6.45) is 2.88. The van der Waals surface area contributed by atoms with E-state index in [2.05, 4.69) is 15.5 Å². The normalized spacial score (nSPS) is 20.7. The number of anilines is 2. The lowest BCUT2D eigenvalue weighted by Gasteiger charge is -2.35. The van der Waals surface area contributed by atoms with E-state index in [0.29, 0.717) is 32.0 Å². The second-order valence-corrected chi connectivity index (χ2v) is 8.53. The molecule has 0 amide bonds. The van der Waals surface area contributed by atoms with Crippen LogP contribution in [0.3, 0.4) is 0 Å². The maximum absolute atomic E-state index is 15.0. The van der Waals surface area contributed by atoms with Gasteiger partial charge in [0.1, 0.15) is 17.8 Å². The molecule has 1 aliphatic carbocycles. The monoisotopic (exact) mass is 417 g/mol. The number of hydrogen-bond donors (Lipinski definition) is 2. The van der Waals surface area contributed by atoms with E-state index in [-0.39, 0.29) is 11.5 Å². The maximum Gasteiger partial charge on any atom is 0.172 e. The third-order valence-electron chi connectivity index (χ3n) is 6.29. The molecular weight excluding hydrogens is 391 g/mol. The predicted octanol–water partition coefficient (Wildman–Crippen LogP) is 3.90. The lowest BCUT2D eigenvalue weighted by molar-refractivity contribution is 0.193. The number of halogens is 3. The molecule has 1 unspecified atom stereocenters. The summed E-state index contributed by atoms with van der Waals surface area (Å²) in [7, 11) is 0. The lowest BCUT2D eigenvalue weighted by Crippen LogP contribution is -2.37. The van der Waals surface area contributed by atoms with Crippen LogP contribution < -0.4 is 15.5 Å². The standard InChI is InChI=1S/C22H26F3N5/c23-14-1-4-16(17(24)11-14)20(25)13-6-9-30(10-7-13)22-21(27-15-2-3-15)28-19-12-26-8-5-18(19)29-22/h1,4,11,13,15,20,26H,2-3,5-10,12H2,(H,27,28). The van der Waals surface area contributed by atoms with Crippen molar-refractivity contribution < 1.29 is 13.2 Å². The fourth-order valence-corrected chi connectivity index (χ4v) is 4.37. The first-order valence-electron chi connectivity index (χ1n) is 10.8. The van der Waals surface area contributed by atoms with E-state index in [0.717, 1.165) is 67.5 Å². The van der Waals surface area contributed by atoms with Gasteiger partial charge in [-0.05, 0) is 37.7 Å². The molecule has 160 valence electrons. The zero-order valence-corrected chi connectivity index (χ0v) is 16.8. The summed E-state index contributed by atoms with van der Waals surface area (Å²) in [5, 5.41) is 6.84. The van der Waals surface area contributed by atoms with Gasteiger partial charge in [-0.3, -0.25) is 0 Å². The minimum absolute atomic E-state index is 0.0491. The highest BCUT2D eigenvalue weighted by Gasteiger charge is 2.32. The van der Waals surface area contributed by atoms with Crippen molar-refractivity contribution in [1.29, 1.82) is 0 Å². The van der Waals surface area contributed by atoms with E-state index in [9.17, 15) is 13.2 Å². The van der Waals surface area contributed by atoms with Crippen LogP contribution in [-0.2, 0) is 13.0 Å². The Morgan fingerprint density at radius 1 is 1.07 bits per heavy atom. The average Bonchev–Trinajstić information content (AvgIpc) is 3.57. The van der Waals surface area contributed by atoms with Crippen LogP contribution in [0.1, 0.15) is 48.8 Å². The molecule has 1 saturated heterocycles. The zero-order chi connectivity index (χ0) is 20.7. The molecule has 2 aromatic rings. The fourth-order valence-electron chi connectivity index (χ4n) is 4.37. The van der Waals surface area contributed by atoms with Crippen LogP contribution in [0.2, 0.25) is 0 Å². The molecule has 1 aromatic heterocycles. The van der Waals surface area contributed by atoms with Crippen molar-refractivity contribution in [3.63, 3.8) is 0 Å². The molecule has 1 saturated carbocycles. The third-order valence-corrected chi connectivity index (χ3v) is 6.29. The Morgan fingerprint density at radius 3 is 2.60 bits per heavy atom. The summed E-state index contributed by atoms with van der Waals surface area (Å²) in [4.78, 5) is 12.0. The number of rotatable bonds is 5. The van der Waals surface area contributed by atoms with E-state index in [4.69, 9.17) is 9.97 Å². The van der Waals surface area contributed by atoms with Crippen LogP contribution in [0.4, 0.5) is 24.8 Å². The Kier molecular flexibility index (Phi) is 5.26. The lowest BCUT2D eigenvalue weighted by atomic mass is 9.88. The van der Waals surface area contributed by atoms with Gasteiger partial charge in [-0.2, -0.15) is 0 Å². The number of benzene rings is 1. The van der Waals surface area contributed by atoms with E-state index < -0.39 is 17.8 Å². The minimum Gasteiger partial charge on any atom is -0.364 e. The third kappa shape index (κ3) is 3.97. The van der Waals surface area contributed by atoms with Gasteiger partial charge in [-0.1, -0.05) is 6.07 Å². The number of hydrogen-bond acceptors (Lipinski definition) is 5. The molecule has 2 aliphatic heterocycles. The highest BCUT2D eigenvalue weighted by atomic mass is 19.1. The summed E-state index contributed by atoms with van der Waals surface area (Å²) in [6, 6.07) is 3.56. The Hall–Kier alpha value is -2.35. The first-order chi connectivity index (χ1) is 14.6. The van der Waals surface area contributed by atoms with Gasteiger partial charge in [0.05, 0.1) is 11.4 Å². The van der Waals surface area contributed by atoms with Gasteiger partial charge in [-0.25, -0.2) is 23.1 Å². The second kappa shape index (κ2) is 8.06. The second-order valence-electron chi connectivity index (χ2n) is 8.53. The number of aromatic nitrogens is 2. The van der Waals surface area contributed by atoms with Crippen LogP contribution in [-0.4, -0.2) is 35.6 Å². The van der Waals surface area contributed by atoms with Crippen LogP contribution in [0, 0.1) is 17.6 Å². The van der Waals surface area contributed by atoms with Crippen molar-refractivity contribution in [2.24, 2.45) is 5.92 Å². The molecular formula is C22H26F3N5. The summed E-state index contributed by atoms with van der Waals surface area (Å²) < 4.78 is 42.2. The highest BCUT2D eigenvalue weighted by molar-refractivity contribution is 5.63. The smallest absolute Gasteiger partial charge is 0.172 e. The van der Waals surface area contributed by atoms with Crippen molar-refractivity contribution >= 4 is 11.6 Å². The van der Waals surface area contributed by atoms with E-state index in [1.54, 1.807) is 0 Å². The van der Waals surface area contributed by atoms with Crippen LogP contribution >= 0.6 is 0 Å². The van der Waals surface area contributed by atoms with Crippen molar-refractivity contribution in [3.8, 4) is 0 Å². The number of piperidine rings is 1. The van der Waals surface area contributed by atoms with Crippen molar-refractivity contribution in [1.82, 2.24) is 15.3 Å². The molecule has 8 heteroatoms. The number of nitrogens with one attached hydrogen (secondary N) is 2. The molecule has 1 atom stereocenters. The van der Waals surface area contributed by atoms with Gasteiger partial charge in [0.2, 0.25) is 0 Å². The van der Waals surface area contributed by atoms with Gasteiger partial charge >= 0.3 is 0 Å². The summed E-state index contributed by atoms with van der Waals surface area (Å²) in [5.74, 6) is -0.120. The highest BCUT2D eigenvalue weighted by Crippen LogP contribution is 2.38. The topological polar surface area (TPSA) is 53.1 Å². The largest absolute Gasteiger partial charge is 0.364 e. The molecule has 0 spiro atoms. The summed E-state index contributed by atoms with van der Waals surface area (Å²) in [6.45, 7) is 2.90. The quantitative estimate of drug-likeness (QED) is 0.773. The van der Waals surface area contributed by atoms with E-state index >= 15 is 0 Å². The Morgan fingerprint density at radius 2 is 1.87 bits per heavy atom. The molecule has 2 fully saturated rings. The fraction of sp³-hybridized carbons (Fsp3) is 0.545. The Labute approximate surface area is 174 Å². The summed E-state index contributed by atoms with van der Waals surface area (Å²) >= 11 is 0. The van der Waals surface area contributed by atoms with Gasteiger partial charge in [0, 0.05) is 50.3 Å². The summed E-state index contributed by atoms with van der Waals surface area (Å²) in [5.41, 5.74) is 1.98. The van der Waals surface area contributed by atoms with E-state index in [1.807, 2.05) is 0 Å². The molecule has 0 radical (unpaired) electrons. The van der Waals surface area contributed by atoms with Gasteiger partial charge in [0.25, 0.3) is 0 Å². The molecule has 30 heavy (non-hydrogen) atoms. The molecule has 0 bridgehead atoms. The Bertz CT molecular complexity index is 925. The number of fused-ring (bicyclic) bond motifs is 1. The number of nitrogens with zero attached hydrogens (tertiary/aromatic N) is 3. The van der Waals surface area contributed by atoms with Crippen LogP contribution in [0.15, 0.2) is 18.2 Å². The zero-order valence-electron chi connectivity index (χ0n) is 16.8. The van der Waals surface area contributed by atoms with Crippen LogP contribution in [0.25, 0.3) is 0 Å². The molecule has 1 aromatic carbocycles. The first-order valence-corrected chi connectivity index (χ1v) is 10.8. The SMILES string of the molecule is Fc1ccc(C(F)C2CCN(c3nc4c(nc3NC3CC3)CNCC4)CC2)c(F)c1. The van der Waals surface area contributed by atoms with Crippen molar-refractivity contribution in [2.45, 2.75) is 50.9 Å². The Balaban J connectivity index is 1.32.